The Balaban J connectivity index is 3.06. The Bertz CT molecular complexity index is 407. The number of hydrogen-bond donors (Lipinski definition) is 0. The van der Waals surface area contributed by atoms with Crippen molar-refractivity contribution in [3.05, 3.63) is 29.3 Å². The van der Waals surface area contributed by atoms with Crippen LogP contribution in [0.1, 0.15) is 12.0 Å². The number of ether oxygens (including phenoxy) is 1. The Morgan fingerprint density at radius 2 is 2.00 bits per heavy atom. The molecular weight excluding hydrogens is 266 g/mol. The van der Waals surface area contributed by atoms with Gasteiger partial charge in [-0.25, -0.2) is 8.78 Å². The molecule has 0 aliphatic heterocycles. The van der Waals surface area contributed by atoms with Crippen LogP contribution in [-0.2, 0) is 0 Å². The van der Waals surface area contributed by atoms with Crippen LogP contribution in [0.25, 0.3) is 0 Å². The topological polar surface area (TPSA) is 9.23 Å². The maximum Gasteiger partial charge on any atom is 0.162 e. The first-order chi connectivity index (χ1) is 7.19. The first-order valence-electron chi connectivity index (χ1n) is 4.27. The predicted molar refractivity (Wildman–Crippen MR) is 58.2 cm³/mol. The highest BCUT2D eigenvalue weighted by Gasteiger charge is 2.08. The molecule has 1 aromatic rings. The number of rotatable bonds is 2. The zero-order chi connectivity index (χ0) is 11.3. The summed E-state index contributed by atoms with van der Waals surface area (Å²) in [7, 11) is 1.39. The third kappa shape index (κ3) is 3.21. The lowest BCUT2D eigenvalue weighted by Crippen LogP contribution is -1.92. The van der Waals surface area contributed by atoms with E-state index in [1.807, 2.05) is 0 Å². The Morgan fingerprint density at radius 1 is 1.33 bits per heavy atom. The molecule has 0 N–H and O–H groups in total. The van der Waals surface area contributed by atoms with Crippen LogP contribution in [0.4, 0.5) is 8.78 Å². The highest BCUT2D eigenvalue weighted by atomic mass is 79.9. The number of alkyl halides is 1. The second-order valence-corrected chi connectivity index (χ2v) is 3.50. The number of hydrogen-bond acceptors (Lipinski definition) is 1. The van der Waals surface area contributed by atoms with Crippen LogP contribution in [-0.4, -0.2) is 12.4 Å². The first-order valence-corrected chi connectivity index (χ1v) is 5.39. The van der Waals surface area contributed by atoms with Gasteiger partial charge in [0.05, 0.1) is 12.7 Å². The SMILES string of the molecule is COc1cc(F)c(F)cc1C#CCCBr. The van der Waals surface area contributed by atoms with Crippen LogP contribution in [0.5, 0.6) is 5.75 Å². The van der Waals surface area contributed by atoms with Crippen molar-refractivity contribution >= 4 is 15.9 Å². The van der Waals surface area contributed by atoms with Gasteiger partial charge in [0.15, 0.2) is 11.6 Å². The number of halogens is 3. The Morgan fingerprint density at radius 3 is 2.60 bits per heavy atom. The predicted octanol–water partition coefficient (Wildman–Crippen LogP) is 3.11. The van der Waals surface area contributed by atoms with Crippen molar-refractivity contribution in [2.45, 2.75) is 6.42 Å². The quantitative estimate of drug-likeness (QED) is 0.595. The van der Waals surface area contributed by atoms with Gasteiger partial charge in [-0.05, 0) is 6.07 Å². The zero-order valence-corrected chi connectivity index (χ0v) is 9.70. The van der Waals surface area contributed by atoms with E-state index in [9.17, 15) is 8.78 Å². The average molecular weight is 275 g/mol. The van der Waals surface area contributed by atoms with Gasteiger partial charge in [0.2, 0.25) is 0 Å². The van der Waals surface area contributed by atoms with Crippen LogP contribution in [0.15, 0.2) is 12.1 Å². The van der Waals surface area contributed by atoms with Gasteiger partial charge in [-0.2, -0.15) is 0 Å². The molecule has 0 aliphatic rings. The molecule has 15 heavy (non-hydrogen) atoms. The highest BCUT2D eigenvalue weighted by Crippen LogP contribution is 2.21. The number of methoxy groups -OCH3 is 1. The second-order valence-electron chi connectivity index (χ2n) is 2.71. The molecular formula is C11H9BrF2O. The van der Waals surface area contributed by atoms with Crippen molar-refractivity contribution in [1.29, 1.82) is 0 Å². The highest BCUT2D eigenvalue weighted by molar-refractivity contribution is 9.09. The van der Waals surface area contributed by atoms with Crippen LogP contribution in [0.3, 0.4) is 0 Å². The van der Waals surface area contributed by atoms with Gasteiger partial charge in [0, 0.05) is 17.8 Å². The van der Waals surface area contributed by atoms with E-state index in [-0.39, 0.29) is 5.75 Å². The van der Waals surface area contributed by atoms with E-state index >= 15 is 0 Å². The minimum atomic E-state index is -0.933. The van der Waals surface area contributed by atoms with Crippen LogP contribution in [0, 0.1) is 23.5 Å². The van der Waals surface area contributed by atoms with Gasteiger partial charge >= 0.3 is 0 Å². The van der Waals surface area contributed by atoms with Gasteiger partial charge in [0.25, 0.3) is 0 Å². The van der Waals surface area contributed by atoms with Gasteiger partial charge in [-0.3, -0.25) is 0 Å². The van der Waals surface area contributed by atoms with Gasteiger partial charge < -0.3 is 4.74 Å². The molecule has 0 heterocycles. The van der Waals surface area contributed by atoms with E-state index in [1.54, 1.807) is 0 Å². The molecule has 1 rings (SSSR count). The van der Waals surface area contributed by atoms with E-state index in [0.29, 0.717) is 12.0 Å². The van der Waals surface area contributed by atoms with Crippen molar-refractivity contribution in [2.75, 3.05) is 12.4 Å². The molecule has 0 amide bonds. The zero-order valence-electron chi connectivity index (χ0n) is 8.11. The normalized spacial score (nSPS) is 9.33. The molecule has 1 nitrogen and oxygen atoms in total. The van der Waals surface area contributed by atoms with Crippen LogP contribution < -0.4 is 4.74 Å². The Labute approximate surface area is 95.6 Å². The summed E-state index contributed by atoms with van der Waals surface area (Å²) in [4.78, 5) is 0. The van der Waals surface area contributed by atoms with E-state index in [0.717, 1.165) is 17.5 Å². The summed E-state index contributed by atoms with van der Waals surface area (Å²) in [6.07, 6.45) is 0.641. The van der Waals surface area contributed by atoms with Crippen LogP contribution >= 0.6 is 15.9 Å². The summed E-state index contributed by atoms with van der Waals surface area (Å²) < 4.78 is 30.6. The fourth-order valence-electron chi connectivity index (χ4n) is 1.00. The fraction of sp³-hybridized carbons (Fsp3) is 0.273. The molecule has 0 aliphatic carbocycles. The number of benzene rings is 1. The molecule has 0 saturated carbocycles. The van der Waals surface area contributed by atoms with Crippen molar-refractivity contribution in [1.82, 2.24) is 0 Å². The summed E-state index contributed by atoms with van der Waals surface area (Å²) in [5, 5.41) is 0.742. The average Bonchev–Trinajstić information content (AvgIpc) is 2.23. The van der Waals surface area contributed by atoms with Crippen molar-refractivity contribution < 1.29 is 13.5 Å². The lowest BCUT2D eigenvalue weighted by molar-refractivity contribution is 0.405. The second kappa shape index (κ2) is 5.72. The van der Waals surface area contributed by atoms with Crippen molar-refractivity contribution in [3.63, 3.8) is 0 Å². The maximum absolute atomic E-state index is 12.9. The smallest absolute Gasteiger partial charge is 0.162 e. The summed E-state index contributed by atoms with van der Waals surface area (Å²) in [6, 6.07) is 2.03. The largest absolute Gasteiger partial charge is 0.495 e. The Kier molecular flexibility index (Phi) is 4.57. The summed E-state index contributed by atoms with van der Waals surface area (Å²) in [5.74, 6) is 3.92. The molecule has 0 saturated heterocycles. The van der Waals surface area contributed by atoms with E-state index in [1.165, 1.54) is 7.11 Å². The molecule has 0 radical (unpaired) electrons. The molecule has 4 heteroatoms. The molecule has 1 aromatic carbocycles. The minimum Gasteiger partial charge on any atom is -0.495 e. The van der Waals surface area contributed by atoms with Gasteiger partial charge in [0.1, 0.15) is 5.75 Å². The third-order valence-electron chi connectivity index (χ3n) is 1.68. The van der Waals surface area contributed by atoms with E-state index in [2.05, 4.69) is 27.8 Å². The molecule has 0 aromatic heterocycles. The lowest BCUT2D eigenvalue weighted by atomic mass is 10.2. The standard InChI is InChI=1S/C11H9BrF2O/c1-15-11-7-10(14)9(13)6-8(11)4-2-3-5-12/h6-7H,3,5H2,1H3. The van der Waals surface area contributed by atoms with Gasteiger partial charge in [-0.15, -0.1) is 0 Å². The third-order valence-corrected chi connectivity index (χ3v) is 2.08. The molecule has 0 bridgehead atoms. The summed E-state index contributed by atoms with van der Waals surface area (Å²) in [6.45, 7) is 0. The Hall–Kier alpha value is -1.08. The van der Waals surface area contributed by atoms with Crippen molar-refractivity contribution in [2.24, 2.45) is 0 Å². The summed E-state index contributed by atoms with van der Waals surface area (Å²) in [5.41, 5.74) is 0.359. The van der Waals surface area contributed by atoms with Gasteiger partial charge in [-0.1, -0.05) is 27.8 Å². The first kappa shape index (κ1) is 12.0. The fourth-order valence-corrected chi connectivity index (χ4v) is 1.20. The lowest BCUT2D eigenvalue weighted by Gasteiger charge is -2.03. The maximum atomic E-state index is 12.9. The van der Waals surface area contributed by atoms with Crippen molar-refractivity contribution in [3.8, 4) is 17.6 Å². The van der Waals surface area contributed by atoms with E-state index in [4.69, 9.17) is 4.74 Å². The molecule has 0 fully saturated rings. The van der Waals surface area contributed by atoms with Crippen LogP contribution in [0.2, 0.25) is 0 Å². The molecule has 0 unspecified atom stereocenters. The minimum absolute atomic E-state index is 0.246. The molecule has 0 atom stereocenters. The summed E-state index contributed by atoms with van der Waals surface area (Å²) >= 11 is 3.22. The molecule has 0 spiro atoms. The van der Waals surface area contributed by atoms with E-state index < -0.39 is 11.6 Å². The molecule has 80 valence electrons. The monoisotopic (exact) mass is 274 g/mol.